The van der Waals surface area contributed by atoms with Gasteiger partial charge in [0.2, 0.25) is 0 Å². The Hall–Kier alpha value is -5.97. The Morgan fingerprint density at radius 2 is 0.980 bits per heavy atom. The van der Waals surface area contributed by atoms with Crippen molar-refractivity contribution in [1.82, 2.24) is 9.97 Å². The van der Waals surface area contributed by atoms with Crippen LogP contribution < -0.4 is 0 Å². The molecule has 0 N–H and O–H groups in total. The molecule has 0 fully saturated rings. The Balaban J connectivity index is 1.11. The van der Waals surface area contributed by atoms with E-state index in [2.05, 4.69) is 109 Å². The molecule has 10 rings (SSSR count). The van der Waals surface area contributed by atoms with Crippen LogP contribution in [0.25, 0.3) is 56.6 Å². The maximum Gasteiger partial charge on any atom is 0.160 e. The molecule has 0 saturated carbocycles. The first-order chi connectivity index (χ1) is 24.3. The summed E-state index contributed by atoms with van der Waals surface area (Å²) in [5.74, 6) is 2.18. The molecule has 0 radical (unpaired) electrons. The summed E-state index contributed by atoms with van der Waals surface area (Å²) in [5.41, 5.74) is 12.2. The molecule has 0 saturated heterocycles. The Kier molecular flexibility index (Phi) is 6.33. The van der Waals surface area contributed by atoms with Crippen LogP contribution in [0.1, 0.15) is 22.3 Å². The molecule has 2 aliphatic rings. The van der Waals surface area contributed by atoms with Crippen molar-refractivity contribution in [3.05, 3.63) is 192 Å². The van der Waals surface area contributed by atoms with Crippen molar-refractivity contribution in [2.75, 3.05) is 0 Å². The molecular formula is C45H28N2OS. The van der Waals surface area contributed by atoms with Crippen molar-refractivity contribution >= 4 is 11.8 Å². The van der Waals surface area contributed by atoms with Gasteiger partial charge >= 0.3 is 0 Å². The molecule has 1 aliphatic heterocycles. The molecule has 49 heavy (non-hydrogen) atoms. The van der Waals surface area contributed by atoms with Crippen molar-refractivity contribution in [2.24, 2.45) is 0 Å². The minimum Gasteiger partial charge on any atom is -0.454 e. The van der Waals surface area contributed by atoms with Gasteiger partial charge in [0, 0.05) is 26.5 Å². The number of hydrogen-bond donors (Lipinski definition) is 0. The molecule has 0 unspecified atom stereocenters. The summed E-state index contributed by atoms with van der Waals surface area (Å²) in [4.78, 5) is 12.4. The van der Waals surface area contributed by atoms with Crippen LogP contribution in [0, 0.1) is 0 Å². The molecule has 2 aromatic heterocycles. The molecule has 1 aliphatic carbocycles. The SMILES string of the molecule is c1ccc(-c2cc(-c3ccc(-c4ccc5c(c4)Sc4ccccc4C54c5ccccc5-c5ccccc54)o3)nc(-c3ccccc3)n2)cc1. The van der Waals surface area contributed by atoms with E-state index < -0.39 is 0 Å². The summed E-state index contributed by atoms with van der Waals surface area (Å²) in [7, 11) is 0. The van der Waals surface area contributed by atoms with Gasteiger partial charge in [-0.1, -0.05) is 151 Å². The van der Waals surface area contributed by atoms with Crippen LogP contribution >= 0.6 is 11.8 Å². The maximum absolute atomic E-state index is 6.63. The highest BCUT2D eigenvalue weighted by molar-refractivity contribution is 7.99. The van der Waals surface area contributed by atoms with Crippen LogP contribution in [0.4, 0.5) is 0 Å². The summed E-state index contributed by atoms with van der Waals surface area (Å²) in [6.45, 7) is 0. The molecule has 0 bridgehead atoms. The molecular weight excluding hydrogens is 617 g/mol. The van der Waals surface area contributed by atoms with Crippen LogP contribution in [0.2, 0.25) is 0 Å². The van der Waals surface area contributed by atoms with Gasteiger partial charge in [0.1, 0.15) is 11.5 Å². The lowest BCUT2D eigenvalue weighted by atomic mass is 9.67. The van der Waals surface area contributed by atoms with Gasteiger partial charge < -0.3 is 4.42 Å². The zero-order valence-electron chi connectivity index (χ0n) is 26.4. The molecule has 230 valence electrons. The minimum absolute atomic E-state index is 0.389. The number of hydrogen-bond acceptors (Lipinski definition) is 4. The lowest BCUT2D eigenvalue weighted by Gasteiger charge is -2.39. The van der Waals surface area contributed by atoms with E-state index in [1.807, 2.05) is 72.4 Å². The van der Waals surface area contributed by atoms with E-state index in [1.54, 1.807) is 0 Å². The fourth-order valence-corrected chi connectivity index (χ4v) is 8.92. The normalized spacial score (nSPS) is 13.4. The topological polar surface area (TPSA) is 38.9 Å². The van der Waals surface area contributed by atoms with Crippen molar-refractivity contribution in [3.63, 3.8) is 0 Å². The van der Waals surface area contributed by atoms with E-state index in [0.29, 0.717) is 11.6 Å². The first-order valence-electron chi connectivity index (χ1n) is 16.5. The molecule has 0 atom stereocenters. The fourth-order valence-electron chi connectivity index (χ4n) is 7.69. The molecule has 4 heteroatoms. The van der Waals surface area contributed by atoms with Crippen LogP contribution in [-0.2, 0) is 5.41 Å². The van der Waals surface area contributed by atoms with Gasteiger partial charge in [-0.2, -0.15) is 0 Å². The first-order valence-corrected chi connectivity index (χ1v) is 17.3. The predicted octanol–water partition coefficient (Wildman–Crippen LogP) is 11.6. The summed E-state index contributed by atoms with van der Waals surface area (Å²) in [6.07, 6.45) is 0. The van der Waals surface area contributed by atoms with Crippen molar-refractivity contribution < 1.29 is 4.42 Å². The number of nitrogens with zero attached hydrogens (tertiary/aromatic N) is 2. The zero-order chi connectivity index (χ0) is 32.4. The average Bonchev–Trinajstić information content (AvgIpc) is 3.78. The summed E-state index contributed by atoms with van der Waals surface area (Å²) >= 11 is 1.84. The quantitative estimate of drug-likeness (QED) is 0.191. The van der Waals surface area contributed by atoms with E-state index in [4.69, 9.17) is 14.4 Å². The second-order valence-electron chi connectivity index (χ2n) is 12.5. The van der Waals surface area contributed by atoms with E-state index in [1.165, 1.54) is 43.2 Å². The molecule has 3 nitrogen and oxygen atoms in total. The fraction of sp³-hybridized carbons (Fsp3) is 0.0222. The number of rotatable bonds is 4. The lowest BCUT2D eigenvalue weighted by Crippen LogP contribution is -2.31. The number of aromatic nitrogens is 2. The van der Waals surface area contributed by atoms with Crippen molar-refractivity contribution in [1.29, 1.82) is 0 Å². The minimum atomic E-state index is -0.389. The maximum atomic E-state index is 6.63. The van der Waals surface area contributed by atoms with Gasteiger partial charge in [0.15, 0.2) is 11.6 Å². The number of benzene rings is 6. The zero-order valence-corrected chi connectivity index (χ0v) is 27.2. The molecule has 8 aromatic rings. The summed E-state index contributed by atoms with van der Waals surface area (Å²) < 4.78 is 6.63. The molecule has 3 heterocycles. The van der Waals surface area contributed by atoms with Crippen LogP contribution in [0.3, 0.4) is 0 Å². The molecule has 6 aromatic carbocycles. The third-order valence-electron chi connectivity index (χ3n) is 9.82. The Morgan fingerprint density at radius 3 is 1.71 bits per heavy atom. The van der Waals surface area contributed by atoms with Gasteiger partial charge in [0.25, 0.3) is 0 Å². The third kappa shape index (κ3) is 4.31. The predicted molar refractivity (Wildman–Crippen MR) is 197 cm³/mol. The highest BCUT2D eigenvalue weighted by atomic mass is 32.2. The van der Waals surface area contributed by atoms with E-state index in [9.17, 15) is 0 Å². The van der Waals surface area contributed by atoms with Crippen LogP contribution in [-0.4, -0.2) is 9.97 Å². The van der Waals surface area contributed by atoms with Crippen molar-refractivity contribution in [3.8, 4) is 56.6 Å². The summed E-state index contributed by atoms with van der Waals surface area (Å²) in [5, 5.41) is 0. The summed E-state index contributed by atoms with van der Waals surface area (Å²) in [6, 6.07) is 60.0. The third-order valence-corrected chi connectivity index (χ3v) is 11.0. The second kappa shape index (κ2) is 11.0. The molecule has 1 spiro atoms. The monoisotopic (exact) mass is 644 g/mol. The van der Waals surface area contributed by atoms with E-state index >= 15 is 0 Å². The van der Waals surface area contributed by atoms with Gasteiger partial charge in [0.05, 0.1) is 11.1 Å². The van der Waals surface area contributed by atoms with Gasteiger partial charge in [-0.15, -0.1) is 0 Å². The Morgan fingerprint density at radius 1 is 0.408 bits per heavy atom. The lowest BCUT2D eigenvalue weighted by molar-refractivity contribution is 0.594. The largest absolute Gasteiger partial charge is 0.454 e. The van der Waals surface area contributed by atoms with E-state index in [0.717, 1.165) is 33.8 Å². The van der Waals surface area contributed by atoms with Gasteiger partial charge in [-0.05, 0) is 63.7 Å². The number of fused-ring (bicyclic) bond motifs is 9. The van der Waals surface area contributed by atoms with Gasteiger partial charge in [-0.25, -0.2) is 9.97 Å². The van der Waals surface area contributed by atoms with Crippen LogP contribution in [0.5, 0.6) is 0 Å². The van der Waals surface area contributed by atoms with Crippen molar-refractivity contribution in [2.45, 2.75) is 15.2 Å². The van der Waals surface area contributed by atoms with Crippen LogP contribution in [0.15, 0.2) is 184 Å². The average molecular weight is 645 g/mol. The first kappa shape index (κ1) is 28.1. The highest BCUT2D eigenvalue weighted by Crippen LogP contribution is 2.62. The Bertz CT molecular complexity index is 2430. The van der Waals surface area contributed by atoms with Gasteiger partial charge in [-0.3, -0.25) is 0 Å². The second-order valence-corrected chi connectivity index (χ2v) is 13.6. The standard InChI is InChI=1S/C45H28N2OS/c1-3-13-29(14-4-1)38-28-39(47-44(46-38)30-15-5-2-6-16-30)41-26-25-40(48-41)31-23-24-37-43(27-31)49-42-22-12-11-21-36(42)45(37)34-19-9-7-17-32(34)33-18-8-10-20-35(33)45/h1-28H. The Labute approximate surface area is 289 Å². The highest BCUT2D eigenvalue weighted by Gasteiger charge is 2.50. The number of furan rings is 1. The smallest absolute Gasteiger partial charge is 0.160 e. The molecule has 0 amide bonds. The van der Waals surface area contributed by atoms with E-state index in [-0.39, 0.29) is 5.41 Å².